The molecule has 2 rings (SSSR count). The van der Waals surface area contributed by atoms with E-state index >= 15 is 0 Å². The molecule has 4 heteroatoms. The first-order valence-corrected chi connectivity index (χ1v) is 5.69. The molecule has 0 N–H and O–H groups in total. The van der Waals surface area contributed by atoms with Crippen molar-refractivity contribution >= 4 is 11.7 Å². The largest absolute Gasteiger partial charge is 0.363 e. The summed E-state index contributed by atoms with van der Waals surface area (Å²) in [6.07, 6.45) is 4.03. The van der Waals surface area contributed by atoms with Crippen LogP contribution in [-0.2, 0) is 17.8 Å². The van der Waals surface area contributed by atoms with Gasteiger partial charge in [-0.3, -0.25) is 4.79 Å². The maximum atomic E-state index is 11.6. The van der Waals surface area contributed by atoms with Crippen LogP contribution in [0, 0.1) is 0 Å². The van der Waals surface area contributed by atoms with Gasteiger partial charge in [0.05, 0.1) is 0 Å². The van der Waals surface area contributed by atoms with Crippen LogP contribution >= 0.6 is 0 Å². The van der Waals surface area contributed by atoms with E-state index in [9.17, 15) is 4.79 Å². The Labute approximate surface area is 102 Å². The van der Waals surface area contributed by atoms with Crippen LogP contribution in [0.5, 0.6) is 0 Å². The molecule has 1 aromatic rings. The number of hydrogen-bond donors (Lipinski definition) is 0. The van der Waals surface area contributed by atoms with E-state index < -0.39 is 0 Å². The van der Waals surface area contributed by atoms with E-state index in [1.807, 2.05) is 30.0 Å². The van der Waals surface area contributed by atoms with E-state index in [0.717, 1.165) is 18.8 Å². The first-order chi connectivity index (χ1) is 8.13. The molecule has 1 aliphatic heterocycles. The molecule has 0 aromatic carbocycles. The lowest BCUT2D eigenvalue weighted by Crippen LogP contribution is -2.35. The highest BCUT2D eigenvalue weighted by molar-refractivity contribution is 5.87. The number of rotatable bonds is 2. The Kier molecular flexibility index (Phi) is 3.13. The minimum absolute atomic E-state index is 0.00105. The molecule has 0 spiro atoms. The molecule has 0 saturated carbocycles. The molecule has 1 amide bonds. The Morgan fingerprint density at radius 1 is 1.59 bits per heavy atom. The fourth-order valence-electron chi connectivity index (χ4n) is 2.17. The molecule has 17 heavy (non-hydrogen) atoms. The third-order valence-corrected chi connectivity index (χ3v) is 3.03. The van der Waals surface area contributed by atoms with E-state index in [2.05, 4.69) is 11.6 Å². The Morgan fingerprint density at radius 3 is 3.00 bits per heavy atom. The van der Waals surface area contributed by atoms with Crippen molar-refractivity contribution in [1.29, 1.82) is 0 Å². The molecule has 4 nitrogen and oxygen atoms in total. The topological polar surface area (TPSA) is 36.4 Å². The fraction of sp³-hybridized carbons (Fsp3) is 0.385. The third kappa shape index (κ3) is 2.16. The molecule has 1 aromatic heterocycles. The van der Waals surface area contributed by atoms with Crippen molar-refractivity contribution in [1.82, 2.24) is 9.88 Å². The number of amides is 1. The molecule has 0 radical (unpaired) electrons. The van der Waals surface area contributed by atoms with Crippen molar-refractivity contribution in [3.63, 3.8) is 0 Å². The number of fused-ring (bicyclic) bond motifs is 1. The number of carbonyl (C=O) groups excluding carboxylic acids is 1. The van der Waals surface area contributed by atoms with Gasteiger partial charge in [0, 0.05) is 38.9 Å². The Hall–Kier alpha value is -1.84. The van der Waals surface area contributed by atoms with Crippen LogP contribution in [0.4, 0.5) is 5.82 Å². The lowest BCUT2D eigenvalue weighted by molar-refractivity contribution is -0.126. The molecule has 0 unspecified atom stereocenters. The summed E-state index contributed by atoms with van der Waals surface area (Å²) >= 11 is 0. The van der Waals surface area contributed by atoms with Gasteiger partial charge in [-0.25, -0.2) is 4.98 Å². The molecule has 0 aliphatic carbocycles. The van der Waals surface area contributed by atoms with Gasteiger partial charge in [-0.05, 0) is 24.1 Å². The van der Waals surface area contributed by atoms with Crippen LogP contribution in [0.2, 0.25) is 0 Å². The maximum Gasteiger partial charge on any atom is 0.246 e. The summed E-state index contributed by atoms with van der Waals surface area (Å²) in [5.74, 6) is 1.01. The highest BCUT2D eigenvalue weighted by atomic mass is 16.2. The molecule has 90 valence electrons. The first kappa shape index (κ1) is 11.6. The Bertz CT molecular complexity index is 454. The zero-order valence-corrected chi connectivity index (χ0v) is 10.3. The molecule has 1 aliphatic rings. The lowest BCUT2D eigenvalue weighted by Gasteiger charge is -2.30. The molecule has 0 bridgehead atoms. The van der Waals surface area contributed by atoms with Gasteiger partial charge in [0.25, 0.3) is 0 Å². The van der Waals surface area contributed by atoms with E-state index in [4.69, 9.17) is 0 Å². The summed E-state index contributed by atoms with van der Waals surface area (Å²) in [4.78, 5) is 19.8. The predicted molar refractivity (Wildman–Crippen MR) is 67.9 cm³/mol. The normalized spacial score (nSPS) is 14.1. The van der Waals surface area contributed by atoms with Crippen LogP contribution in [-0.4, -0.2) is 36.4 Å². The quantitative estimate of drug-likeness (QED) is 0.718. The average Bonchev–Trinajstić information content (AvgIpc) is 2.36. The first-order valence-electron chi connectivity index (χ1n) is 5.69. The molecule has 0 saturated heterocycles. The third-order valence-electron chi connectivity index (χ3n) is 3.03. The van der Waals surface area contributed by atoms with E-state index in [-0.39, 0.29) is 5.91 Å². The summed E-state index contributed by atoms with van der Waals surface area (Å²) < 4.78 is 0. The summed E-state index contributed by atoms with van der Waals surface area (Å²) in [5, 5.41) is 0. The maximum absolute atomic E-state index is 11.6. The van der Waals surface area contributed by atoms with Crippen LogP contribution < -0.4 is 4.90 Å². The predicted octanol–water partition coefficient (Wildman–Crippen LogP) is 1.22. The van der Waals surface area contributed by atoms with Crippen molar-refractivity contribution in [3.8, 4) is 0 Å². The second-order valence-corrected chi connectivity index (χ2v) is 4.38. The highest BCUT2D eigenvalue weighted by Crippen LogP contribution is 2.25. The number of carbonyl (C=O) groups is 1. The van der Waals surface area contributed by atoms with Crippen molar-refractivity contribution in [3.05, 3.63) is 36.0 Å². The summed E-state index contributed by atoms with van der Waals surface area (Å²) in [7, 11) is 3.98. The Balaban J connectivity index is 2.31. The van der Waals surface area contributed by atoms with Crippen molar-refractivity contribution < 1.29 is 4.79 Å². The van der Waals surface area contributed by atoms with E-state index in [0.29, 0.717) is 6.54 Å². The Morgan fingerprint density at radius 2 is 2.35 bits per heavy atom. The zero-order valence-electron chi connectivity index (χ0n) is 10.3. The molecule has 0 fully saturated rings. The van der Waals surface area contributed by atoms with Gasteiger partial charge >= 0.3 is 0 Å². The number of anilines is 1. The lowest BCUT2D eigenvalue weighted by atomic mass is 10.0. The van der Waals surface area contributed by atoms with Gasteiger partial charge in [0.2, 0.25) is 5.91 Å². The van der Waals surface area contributed by atoms with E-state index in [1.54, 1.807) is 6.20 Å². The van der Waals surface area contributed by atoms with Crippen LogP contribution in [0.15, 0.2) is 24.9 Å². The summed E-state index contributed by atoms with van der Waals surface area (Å²) in [6.45, 7) is 4.92. The standard InChI is InChI=1S/C13H17N3O/c1-4-12(17)16-8-6-11-10(9-16)5-7-14-13(11)15(2)3/h4-5,7H,1,6,8-9H2,2-3H3. The van der Waals surface area contributed by atoms with Gasteiger partial charge in [0.15, 0.2) is 0 Å². The minimum Gasteiger partial charge on any atom is -0.363 e. The van der Waals surface area contributed by atoms with Gasteiger partial charge in [0.1, 0.15) is 5.82 Å². The van der Waals surface area contributed by atoms with Gasteiger partial charge in [-0.15, -0.1) is 0 Å². The van der Waals surface area contributed by atoms with Crippen LogP contribution in [0.1, 0.15) is 11.1 Å². The number of nitrogens with zero attached hydrogens (tertiary/aromatic N) is 3. The zero-order chi connectivity index (χ0) is 12.4. The number of aromatic nitrogens is 1. The fourth-order valence-corrected chi connectivity index (χ4v) is 2.17. The monoisotopic (exact) mass is 231 g/mol. The average molecular weight is 231 g/mol. The SMILES string of the molecule is C=CC(=O)N1CCc2c(ccnc2N(C)C)C1. The second-order valence-electron chi connectivity index (χ2n) is 4.38. The van der Waals surface area contributed by atoms with Crippen LogP contribution in [0.25, 0.3) is 0 Å². The number of pyridine rings is 1. The second kappa shape index (κ2) is 4.57. The van der Waals surface area contributed by atoms with Gasteiger partial charge < -0.3 is 9.80 Å². The van der Waals surface area contributed by atoms with Gasteiger partial charge in [-0.2, -0.15) is 0 Å². The minimum atomic E-state index is -0.00105. The molecule has 2 heterocycles. The molecular formula is C13H17N3O. The van der Waals surface area contributed by atoms with Crippen molar-refractivity contribution in [2.45, 2.75) is 13.0 Å². The smallest absolute Gasteiger partial charge is 0.246 e. The number of hydrogen-bond acceptors (Lipinski definition) is 3. The van der Waals surface area contributed by atoms with E-state index in [1.165, 1.54) is 17.2 Å². The summed E-state index contributed by atoms with van der Waals surface area (Å²) in [5.41, 5.74) is 2.44. The van der Waals surface area contributed by atoms with Crippen molar-refractivity contribution in [2.75, 3.05) is 25.5 Å². The highest BCUT2D eigenvalue weighted by Gasteiger charge is 2.21. The summed E-state index contributed by atoms with van der Waals surface area (Å²) in [6, 6.07) is 1.99. The molecule has 0 atom stereocenters. The molecular weight excluding hydrogens is 214 g/mol. The van der Waals surface area contributed by atoms with Gasteiger partial charge in [-0.1, -0.05) is 6.58 Å². The van der Waals surface area contributed by atoms with Crippen LogP contribution in [0.3, 0.4) is 0 Å². The van der Waals surface area contributed by atoms with Crippen molar-refractivity contribution in [2.24, 2.45) is 0 Å².